The predicted molar refractivity (Wildman–Crippen MR) is 51.0 cm³/mol. The highest BCUT2D eigenvalue weighted by molar-refractivity contribution is 6.07. The van der Waals surface area contributed by atoms with Crippen molar-refractivity contribution in [3.05, 3.63) is 35.5 Å². The Bertz CT molecular complexity index is 374. The van der Waals surface area contributed by atoms with Gasteiger partial charge < -0.3 is 9.15 Å². The van der Waals surface area contributed by atoms with Gasteiger partial charge in [0.05, 0.1) is 18.4 Å². The van der Waals surface area contributed by atoms with E-state index in [1.54, 1.807) is 13.0 Å². The van der Waals surface area contributed by atoms with Crippen LogP contribution < -0.4 is 0 Å². The Morgan fingerprint density at radius 3 is 2.93 bits per heavy atom. The normalized spacial score (nSPS) is 15.9. The summed E-state index contributed by atoms with van der Waals surface area (Å²) >= 11 is 0. The lowest BCUT2D eigenvalue weighted by Gasteiger charge is -2.12. The van der Waals surface area contributed by atoms with Crippen LogP contribution in [-0.4, -0.2) is 12.4 Å². The fourth-order valence-corrected chi connectivity index (χ4v) is 1.47. The van der Waals surface area contributed by atoms with Crippen LogP contribution in [0.25, 0.3) is 0 Å². The van der Waals surface area contributed by atoms with E-state index < -0.39 is 0 Å². The van der Waals surface area contributed by atoms with Crippen LogP contribution in [0.3, 0.4) is 0 Å². The molecule has 0 radical (unpaired) electrons. The maximum atomic E-state index is 11.8. The molecule has 2 heterocycles. The summed E-state index contributed by atoms with van der Waals surface area (Å²) < 4.78 is 10.4. The number of furan rings is 1. The van der Waals surface area contributed by atoms with Crippen molar-refractivity contribution in [2.24, 2.45) is 0 Å². The third-order valence-electron chi connectivity index (χ3n) is 2.26. The number of rotatable bonds is 2. The SMILES string of the molecule is Cc1occc1C(=O)C1=CCCCO1. The Labute approximate surface area is 82.4 Å². The second-order valence-corrected chi connectivity index (χ2v) is 3.28. The van der Waals surface area contributed by atoms with Crippen LogP contribution in [-0.2, 0) is 4.74 Å². The van der Waals surface area contributed by atoms with Crippen LogP contribution in [0.1, 0.15) is 29.0 Å². The van der Waals surface area contributed by atoms with Gasteiger partial charge in [-0.3, -0.25) is 4.79 Å². The van der Waals surface area contributed by atoms with Crippen LogP contribution in [0.4, 0.5) is 0 Å². The molecule has 0 spiro atoms. The molecule has 0 unspecified atom stereocenters. The zero-order chi connectivity index (χ0) is 9.97. The standard InChI is InChI=1S/C11H12O3/c1-8-9(5-7-13-8)11(12)10-4-2-3-6-14-10/h4-5,7H,2-3,6H2,1H3. The number of allylic oxidation sites excluding steroid dienone is 2. The summed E-state index contributed by atoms with van der Waals surface area (Å²) in [5, 5.41) is 0. The maximum Gasteiger partial charge on any atom is 0.230 e. The Balaban J connectivity index is 2.23. The molecule has 0 aromatic carbocycles. The lowest BCUT2D eigenvalue weighted by atomic mass is 10.1. The molecule has 0 N–H and O–H groups in total. The van der Waals surface area contributed by atoms with E-state index in [0.29, 0.717) is 23.7 Å². The van der Waals surface area contributed by atoms with Crippen molar-refractivity contribution in [2.75, 3.05) is 6.61 Å². The number of aryl methyl sites for hydroxylation is 1. The van der Waals surface area contributed by atoms with Crippen LogP contribution in [0.2, 0.25) is 0 Å². The Hall–Kier alpha value is -1.51. The molecule has 14 heavy (non-hydrogen) atoms. The van der Waals surface area contributed by atoms with E-state index >= 15 is 0 Å². The van der Waals surface area contributed by atoms with Gasteiger partial charge >= 0.3 is 0 Å². The summed E-state index contributed by atoms with van der Waals surface area (Å²) in [4.78, 5) is 11.8. The molecule has 1 aliphatic heterocycles. The maximum absolute atomic E-state index is 11.8. The monoisotopic (exact) mass is 192 g/mol. The number of hydrogen-bond acceptors (Lipinski definition) is 3. The van der Waals surface area contributed by atoms with E-state index in [2.05, 4.69) is 0 Å². The summed E-state index contributed by atoms with van der Waals surface area (Å²) in [6, 6.07) is 1.68. The molecule has 0 amide bonds. The second-order valence-electron chi connectivity index (χ2n) is 3.28. The molecule has 2 rings (SSSR count). The van der Waals surface area contributed by atoms with Gasteiger partial charge in [0.1, 0.15) is 5.76 Å². The molecule has 1 aromatic rings. The van der Waals surface area contributed by atoms with Crippen molar-refractivity contribution < 1.29 is 13.9 Å². The van der Waals surface area contributed by atoms with E-state index in [0.717, 1.165) is 12.8 Å². The molecule has 0 aliphatic carbocycles. The van der Waals surface area contributed by atoms with E-state index in [9.17, 15) is 4.79 Å². The summed E-state index contributed by atoms with van der Waals surface area (Å²) in [5.74, 6) is 1.03. The quantitative estimate of drug-likeness (QED) is 0.676. The van der Waals surface area contributed by atoms with Gasteiger partial charge in [-0.25, -0.2) is 0 Å². The number of hydrogen-bond donors (Lipinski definition) is 0. The Morgan fingerprint density at radius 2 is 2.36 bits per heavy atom. The number of Topliss-reactive ketones (excluding diaryl/α,β-unsaturated/α-hetero) is 1. The smallest absolute Gasteiger partial charge is 0.230 e. The van der Waals surface area contributed by atoms with Gasteiger partial charge in [0.2, 0.25) is 5.78 Å². The molecule has 0 atom stereocenters. The van der Waals surface area contributed by atoms with Crippen molar-refractivity contribution in [1.29, 1.82) is 0 Å². The first-order valence-corrected chi connectivity index (χ1v) is 4.71. The molecule has 0 saturated heterocycles. The van der Waals surface area contributed by atoms with Crippen molar-refractivity contribution in [3.8, 4) is 0 Å². The molecular weight excluding hydrogens is 180 g/mol. The number of carbonyl (C=O) groups is 1. The highest BCUT2D eigenvalue weighted by Gasteiger charge is 2.19. The van der Waals surface area contributed by atoms with Gasteiger partial charge in [0.25, 0.3) is 0 Å². The average molecular weight is 192 g/mol. The Kier molecular flexibility index (Phi) is 2.39. The fraction of sp³-hybridized carbons (Fsp3) is 0.364. The molecule has 0 bridgehead atoms. The van der Waals surface area contributed by atoms with Crippen LogP contribution in [0.15, 0.2) is 28.6 Å². The molecule has 1 aromatic heterocycles. The molecule has 1 aliphatic rings. The van der Waals surface area contributed by atoms with Crippen molar-refractivity contribution in [2.45, 2.75) is 19.8 Å². The lowest BCUT2D eigenvalue weighted by Crippen LogP contribution is -2.11. The average Bonchev–Trinajstić information content (AvgIpc) is 2.65. The van der Waals surface area contributed by atoms with E-state index in [-0.39, 0.29) is 5.78 Å². The minimum Gasteiger partial charge on any atom is -0.490 e. The summed E-state index contributed by atoms with van der Waals surface area (Å²) in [6.45, 7) is 2.41. The predicted octanol–water partition coefficient (Wildman–Crippen LogP) is 2.47. The van der Waals surface area contributed by atoms with Crippen molar-refractivity contribution in [1.82, 2.24) is 0 Å². The first-order valence-electron chi connectivity index (χ1n) is 4.71. The lowest BCUT2D eigenvalue weighted by molar-refractivity contribution is 0.0897. The van der Waals surface area contributed by atoms with E-state index in [4.69, 9.17) is 9.15 Å². The molecule has 3 nitrogen and oxygen atoms in total. The molecule has 3 heteroatoms. The summed E-state index contributed by atoms with van der Waals surface area (Å²) in [6.07, 6.45) is 5.27. The van der Waals surface area contributed by atoms with Gasteiger partial charge in [-0.1, -0.05) is 0 Å². The third-order valence-corrected chi connectivity index (χ3v) is 2.26. The first kappa shape index (κ1) is 9.06. The minimum absolute atomic E-state index is 0.0732. The van der Waals surface area contributed by atoms with Crippen molar-refractivity contribution >= 4 is 5.78 Å². The van der Waals surface area contributed by atoms with Gasteiger partial charge in [0.15, 0.2) is 5.76 Å². The van der Waals surface area contributed by atoms with Gasteiger partial charge in [0, 0.05) is 0 Å². The van der Waals surface area contributed by atoms with Crippen LogP contribution >= 0.6 is 0 Å². The van der Waals surface area contributed by atoms with Gasteiger partial charge in [-0.2, -0.15) is 0 Å². The molecule has 0 saturated carbocycles. The number of ether oxygens (including phenoxy) is 1. The summed E-state index contributed by atoms with van der Waals surface area (Å²) in [5.41, 5.74) is 0.596. The molecule has 0 fully saturated rings. The zero-order valence-corrected chi connectivity index (χ0v) is 8.08. The molecular formula is C11H12O3. The van der Waals surface area contributed by atoms with E-state index in [1.165, 1.54) is 6.26 Å². The van der Waals surface area contributed by atoms with Gasteiger partial charge in [-0.05, 0) is 31.9 Å². The van der Waals surface area contributed by atoms with Crippen LogP contribution in [0.5, 0.6) is 0 Å². The number of ketones is 1. The van der Waals surface area contributed by atoms with E-state index in [1.807, 2.05) is 6.08 Å². The number of carbonyl (C=O) groups excluding carboxylic acids is 1. The minimum atomic E-state index is -0.0732. The second kappa shape index (κ2) is 3.70. The highest BCUT2D eigenvalue weighted by atomic mass is 16.5. The summed E-state index contributed by atoms with van der Waals surface area (Å²) in [7, 11) is 0. The highest BCUT2D eigenvalue weighted by Crippen LogP contribution is 2.18. The third kappa shape index (κ3) is 1.58. The molecule has 74 valence electrons. The Morgan fingerprint density at radius 1 is 1.50 bits per heavy atom. The zero-order valence-electron chi connectivity index (χ0n) is 8.08. The largest absolute Gasteiger partial charge is 0.490 e. The topological polar surface area (TPSA) is 39.4 Å². The first-order chi connectivity index (χ1) is 6.79. The van der Waals surface area contributed by atoms with Crippen LogP contribution in [0, 0.1) is 6.92 Å². The van der Waals surface area contributed by atoms with Gasteiger partial charge in [-0.15, -0.1) is 0 Å². The van der Waals surface area contributed by atoms with Crippen molar-refractivity contribution in [3.63, 3.8) is 0 Å². The fourth-order valence-electron chi connectivity index (χ4n) is 1.47.